The Morgan fingerprint density at radius 3 is 2.94 bits per heavy atom. The van der Waals surface area contributed by atoms with Crippen LogP contribution in [0.4, 0.5) is 0 Å². The molecule has 0 aromatic carbocycles. The maximum absolute atomic E-state index is 11.1. The Labute approximate surface area is 92.1 Å². The van der Waals surface area contributed by atoms with Crippen LogP contribution in [0.5, 0.6) is 0 Å². The van der Waals surface area contributed by atoms with Crippen molar-refractivity contribution in [2.75, 3.05) is 0 Å². The summed E-state index contributed by atoms with van der Waals surface area (Å²) < 4.78 is 0. The molecule has 1 aromatic rings. The molecule has 1 aromatic heterocycles. The Balaban J connectivity index is 2.59. The second kappa shape index (κ2) is 5.56. The molecule has 0 aliphatic carbocycles. The average molecular weight is 221 g/mol. The van der Waals surface area contributed by atoms with Gasteiger partial charge in [-0.2, -0.15) is 0 Å². The minimum Gasteiger partial charge on any atom is -0.480 e. The topological polar surface area (TPSA) is 95.1 Å². The maximum Gasteiger partial charge on any atom is 0.326 e. The van der Waals surface area contributed by atoms with Crippen LogP contribution in [0.2, 0.25) is 0 Å². The van der Waals surface area contributed by atoms with E-state index in [1.807, 2.05) is 0 Å². The number of nitrogens with one attached hydrogen (secondary N) is 2. The summed E-state index contributed by atoms with van der Waals surface area (Å²) in [6.07, 6.45) is 7.90. The number of imidazole rings is 1. The van der Waals surface area contributed by atoms with Crippen LogP contribution in [-0.4, -0.2) is 33.0 Å². The number of carboxylic acids is 1. The Morgan fingerprint density at radius 1 is 1.69 bits per heavy atom. The SMILES string of the molecule is C#CCC(=O)N[C@@H](Cc1cnc[nH]1)C(=O)O. The van der Waals surface area contributed by atoms with Crippen molar-refractivity contribution < 1.29 is 14.7 Å². The average Bonchev–Trinajstić information content (AvgIpc) is 2.69. The van der Waals surface area contributed by atoms with E-state index < -0.39 is 17.9 Å². The van der Waals surface area contributed by atoms with Crippen LogP contribution in [-0.2, 0) is 16.0 Å². The molecule has 6 nitrogen and oxygen atoms in total. The first kappa shape index (κ1) is 11.8. The number of H-pyrrole nitrogens is 1. The second-order valence-corrected chi connectivity index (χ2v) is 3.12. The molecule has 84 valence electrons. The number of aromatic nitrogens is 2. The molecule has 0 saturated heterocycles. The van der Waals surface area contributed by atoms with Gasteiger partial charge in [-0.25, -0.2) is 9.78 Å². The summed E-state index contributed by atoms with van der Waals surface area (Å²) in [5, 5.41) is 11.2. The normalized spacial score (nSPS) is 11.4. The monoisotopic (exact) mass is 221 g/mol. The lowest BCUT2D eigenvalue weighted by atomic mass is 10.1. The molecule has 0 aliphatic heterocycles. The zero-order chi connectivity index (χ0) is 12.0. The van der Waals surface area contributed by atoms with E-state index in [4.69, 9.17) is 11.5 Å². The van der Waals surface area contributed by atoms with E-state index in [0.717, 1.165) is 0 Å². The molecule has 1 atom stereocenters. The van der Waals surface area contributed by atoms with E-state index >= 15 is 0 Å². The predicted molar refractivity (Wildman–Crippen MR) is 55.3 cm³/mol. The highest BCUT2D eigenvalue weighted by molar-refractivity contribution is 5.84. The van der Waals surface area contributed by atoms with Gasteiger partial charge in [0.25, 0.3) is 0 Å². The predicted octanol–water partition coefficient (Wildman–Crippen LogP) is -0.455. The Hall–Kier alpha value is -2.29. The highest BCUT2D eigenvalue weighted by Crippen LogP contribution is 1.99. The van der Waals surface area contributed by atoms with Gasteiger partial charge in [-0.1, -0.05) is 5.92 Å². The first-order chi connectivity index (χ1) is 7.63. The lowest BCUT2D eigenvalue weighted by Crippen LogP contribution is -2.42. The fraction of sp³-hybridized carbons (Fsp3) is 0.300. The molecule has 0 bridgehead atoms. The van der Waals surface area contributed by atoms with E-state index in [2.05, 4.69) is 21.2 Å². The molecule has 0 fully saturated rings. The number of terminal acetylenes is 1. The van der Waals surface area contributed by atoms with Crippen LogP contribution in [0, 0.1) is 12.3 Å². The Bertz CT molecular complexity index is 405. The molecule has 0 unspecified atom stereocenters. The number of carbonyl (C=O) groups is 2. The molecule has 1 rings (SSSR count). The van der Waals surface area contributed by atoms with Crippen molar-refractivity contribution in [3.05, 3.63) is 18.2 Å². The van der Waals surface area contributed by atoms with Crippen molar-refractivity contribution in [1.29, 1.82) is 0 Å². The number of carboxylic acid groups (broad SMARTS) is 1. The quantitative estimate of drug-likeness (QED) is 0.586. The number of nitrogens with zero attached hydrogens (tertiary/aromatic N) is 1. The minimum absolute atomic E-state index is 0.132. The zero-order valence-corrected chi connectivity index (χ0v) is 8.43. The van der Waals surface area contributed by atoms with Crippen molar-refractivity contribution in [2.24, 2.45) is 0 Å². The number of carbonyl (C=O) groups excluding carboxylic acids is 1. The summed E-state index contributed by atoms with van der Waals surface area (Å²) in [7, 11) is 0. The molecular weight excluding hydrogens is 210 g/mol. The highest BCUT2D eigenvalue weighted by atomic mass is 16.4. The molecule has 16 heavy (non-hydrogen) atoms. The fourth-order valence-corrected chi connectivity index (χ4v) is 1.15. The van der Waals surface area contributed by atoms with Gasteiger partial charge in [-0.05, 0) is 0 Å². The lowest BCUT2D eigenvalue weighted by Gasteiger charge is -2.12. The van der Waals surface area contributed by atoms with E-state index in [-0.39, 0.29) is 12.8 Å². The highest BCUT2D eigenvalue weighted by Gasteiger charge is 2.20. The Morgan fingerprint density at radius 2 is 2.44 bits per heavy atom. The second-order valence-electron chi connectivity index (χ2n) is 3.12. The van der Waals surface area contributed by atoms with Gasteiger partial charge in [0.15, 0.2) is 0 Å². The summed E-state index contributed by atoms with van der Waals surface area (Å²) in [6.45, 7) is 0. The number of aromatic amines is 1. The van der Waals surface area contributed by atoms with Crippen molar-refractivity contribution in [2.45, 2.75) is 18.9 Å². The lowest BCUT2D eigenvalue weighted by molar-refractivity contribution is -0.141. The summed E-state index contributed by atoms with van der Waals surface area (Å²) in [6, 6.07) is -0.999. The molecule has 3 N–H and O–H groups in total. The van der Waals surface area contributed by atoms with Gasteiger partial charge >= 0.3 is 5.97 Å². The smallest absolute Gasteiger partial charge is 0.326 e. The third-order valence-electron chi connectivity index (χ3n) is 1.87. The van der Waals surface area contributed by atoms with Crippen LogP contribution in [0.25, 0.3) is 0 Å². The van der Waals surface area contributed by atoms with Crippen LogP contribution in [0.3, 0.4) is 0 Å². The van der Waals surface area contributed by atoms with Gasteiger partial charge in [0, 0.05) is 18.3 Å². The first-order valence-electron chi connectivity index (χ1n) is 4.56. The molecular formula is C10H11N3O3. The van der Waals surface area contributed by atoms with Gasteiger partial charge in [-0.15, -0.1) is 6.42 Å². The summed E-state index contributed by atoms with van der Waals surface area (Å²) >= 11 is 0. The fourth-order valence-electron chi connectivity index (χ4n) is 1.15. The molecule has 0 aliphatic rings. The minimum atomic E-state index is -1.11. The molecule has 1 amide bonds. The van der Waals surface area contributed by atoms with E-state index in [1.54, 1.807) is 0 Å². The first-order valence-corrected chi connectivity index (χ1v) is 4.56. The van der Waals surface area contributed by atoms with Crippen LogP contribution in [0.1, 0.15) is 12.1 Å². The van der Waals surface area contributed by atoms with Gasteiger partial charge < -0.3 is 15.4 Å². The van der Waals surface area contributed by atoms with Gasteiger partial charge in [0.1, 0.15) is 6.04 Å². The summed E-state index contributed by atoms with van der Waals surface area (Å²) in [4.78, 5) is 28.5. The van der Waals surface area contributed by atoms with Crippen molar-refractivity contribution in [3.8, 4) is 12.3 Å². The standard InChI is InChI=1S/C10H11N3O3/c1-2-3-9(14)13-8(10(15)16)4-7-5-11-6-12-7/h1,5-6,8H,3-4H2,(H,11,12)(H,13,14)(H,15,16)/t8-/m0/s1. The van der Waals surface area contributed by atoms with Crippen molar-refractivity contribution >= 4 is 11.9 Å². The number of aliphatic carboxylic acids is 1. The molecule has 1 heterocycles. The van der Waals surface area contributed by atoms with Crippen molar-refractivity contribution in [1.82, 2.24) is 15.3 Å². The van der Waals surface area contributed by atoms with Crippen molar-refractivity contribution in [3.63, 3.8) is 0 Å². The number of rotatable bonds is 5. The number of amides is 1. The summed E-state index contributed by atoms with van der Waals surface area (Å²) in [5.74, 6) is 0.557. The third kappa shape index (κ3) is 3.46. The van der Waals surface area contributed by atoms with Gasteiger partial charge in [0.2, 0.25) is 5.91 Å². The molecule has 0 spiro atoms. The van der Waals surface area contributed by atoms with Crippen LogP contribution < -0.4 is 5.32 Å². The summed E-state index contributed by atoms with van der Waals surface area (Å²) in [5.41, 5.74) is 0.633. The van der Waals surface area contributed by atoms with Gasteiger partial charge in [0.05, 0.1) is 12.7 Å². The zero-order valence-electron chi connectivity index (χ0n) is 8.43. The largest absolute Gasteiger partial charge is 0.480 e. The van der Waals surface area contributed by atoms with Gasteiger partial charge in [-0.3, -0.25) is 4.79 Å². The Kier molecular flexibility index (Phi) is 4.09. The number of hydrogen-bond acceptors (Lipinski definition) is 3. The third-order valence-corrected chi connectivity index (χ3v) is 1.87. The maximum atomic E-state index is 11.1. The molecule has 0 saturated carbocycles. The molecule has 0 radical (unpaired) electrons. The van der Waals surface area contributed by atoms with Crippen LogP contribution >= 0.6 is 0 Å². The van der Waals surface area contributed by atoms with E-state index in [0.29, 0.717) is 5.69 Å². The van der Waals surface area contributed by atoms with Crippen LogP contribution in [0.15, 0.2) is 12.5 Å². The molecule has 6 heteroatoms. The number of hydrogen-bond donors (Lipinski definition) is 3. The van der Waals surface area contributed by atoms with E-state index in [9.17, 15) is 9.59 Å². The van der Waals surface area contributed by atoms with E-state index in [1.165, 1.54) is 12.5 Å².